The van der Waals surface area contributed by atoms with Crippen molar-refractivity contribution < 1.29 is 31.1 Å². The second kappa shape index (κ2) is 4.82. The number of benzene rings is 2. The van der Waals surface area contributed by atoms with Crippen LogP contribution in [0.15, 0.2) is 24.3 Å². The molecular weight excluding hydrogens is 298 g/mol. The molecule has 0 atom stereocenters. The van der Waals surface area contributed by atoms with Gasteiger partial charge in [-0.2, -0.15) is 26.3 Å². The van der Waals surface area contributed by atoms with Crippen molar-refractivity contribution in [3.63, 3.8) is 0 Å². The fourth-order valence-corrected chi connectivity index (χ4v) is 2.31. The van der Waals surface area contributed by atoms with Crippen LogP contribution < -0.4 is 4.74 Å². The van der Waals surface area contributed by atoms with Gasteiger partial charge in [-0.05, 0) is 35.4 Å². The van der Waals surface area contributed by atoms with Crippen LogP contribution in [0.4, 0.5) is 26.3 Å². The number of ether oxygens (including phenoxy) is 1. The van der Waals surface area contributed by atoms with Crippen LogP contribution in [0.5, 0.6) is 5.75 Å². The summed E-state index contributed by atoms with van der Waals surface area (Å²) in [6.07, 6.45) is -9.34. The van der Waals surface area contributed by atoms with E-state index in [-0.39, 0.29) is 16.3 Å². The molecule has 0 radical (unpaired) electrons. The second-order valence-electron chi connectivity index (χ2n) is 4.47. The number of alkyl halides is 6. The highest BCUT2D eigenvalue weighted by molar-refractivity contribution is 5.91. The molecule has 0 aliphatic rings. The molecule has 0 heterocycles. The molecular formula is C14H10F6O. The van der Waals surface area contributed by atoms with E-state index in [4.69, 9.17) is 0 Å². The Kier molecular flexibility index (Phi) is 3.55. The topological polar surface area (TPSA) is 9.23 Å². The zero-order valence-corrected chi connectivity index (χ0v) is 11.0. The lowest BCUT2D eigenvalue weighted by atomic mass is 9.95. The molecule has 2 aromatic rings. The van der Waals surface area contributed by atoms with E-state index >= 15 is 0 Å². The highest BCUT2D eigenvalue weighted by Crippen LogP contribution is 2.43. The van der Waals surface area contributed by atoms with E-state index in [1.165, 1.54) is 6.07 Å². The van der Waals surface area contributed by atoms with Crippen LogP contribution in [-0.2, 0) is 12.4 Å². The first-order valence-electron chi connectivity index (χ1n) is 5.82. The van der Waals surface area contributed by atoms with E-state index in [1.54, 1.807) is 0 Å². The van der Waals surface area contributed by atoms with Gasteiger partial charge in [0.1, 0.15) is 11.3 Å². The number of aryl methyl sites for hydroxylation is 1. The summed E-state index contributed by atoms with van der Waals surface area (Å²) in [5, 5.41) is -0.412. The summed E-state index contributed by atoms with van der Waals surface area (Å²) in [6, 6.07) is 3.72. The van der Waals surface area contributed by atoms with Gasteiger partial charge in [-0.1, -0.05) is 12.1 Å². The third-order valence-electron chi connectivity index (χ3n) is 3.24. The van der Waals surface area contributed by atoms with Crippen molar-refractivity contribution in [2.45, 2.75) is 19.3 Å². The molecule has 7 heteroatoms. The Labute approximate surface area is 116 Å². The quantitative estimate of drug-likeness (QED) is 0.658. The predicted octanol–water partition coefficient (Wildman–Crippen LogP) is 5.19. The monoisotopic (exact) mass is 308 g/mol. The number of fused-ring (bicyclic) bond motifs is 1. The molecule has 2 rings (SSSR count). The van der Waals surface area contributed by atoms with Gasteiger partial charge in [-0.3, -0.25) is 0 Å². The van der Waals surface area contributed by atoms with Gasteiger partial charge in [-0.15, -0.1) is 0 Å². The third-order valence-corrected chi connectivity index (χ3v) is 3.24. The lowest BCUT2D eigenvalue weighted by molar-refractivity contribution is -0.138. The smallest absolute Gasteiger partial charge is 0.420 e. The molecule has 0 saturated heterocycles. The Morgan fingerprint density at radius 3 is 1.86 bits per heavy atom. The van der Waals surface area contributed by atoms with Crippen LogP contribution in [-0.4, -0.2) is 7.11 Å². The van der Waals surface area contributed by atoms with Crippen LogP contribution >= 0.6 is 0 Å². The number of hydrogen-bond donors (Lipinski definition) is 0. The van der Waals surface area contributed by atoms with Crippen molar-refractivity contribution in [1.29, 1.82) is 0 Å². The molecule has 0 fully saturated rings. The van der Waals surface area contributed by atoms with Crippen LogP contribution in [0.25, 0.3) is 10.8 Å². The Hall–Kier alpha value is -1.92. The van der Waals surface area contributed by atoms with Crippen LogP contribution in [0, 0.1) is 6.92 Å². The normalized spacial score (nSPS) is 12.8. The minimum atomic E-state index is -4.73. The summed E-state index contributed by atoms with van der Waals surface area (Å²) in [5.41, 5.74) is -2.26. The molecule has 21 heavy (non-hydrogen) atoms. The molecule has 0 N–H and O–H groups in total. The summed E-state index contributed by atoms with van der Waals surface area (Å²) >= 11 is 0. The predicted molar refractivity (Wildman–Crippen MR) is 65.2 cm³/mol. The zero-order chi connectivity index (χ0) is 16.0. The van der Waals surface area contributed by atoms with Crippen LogP contribution in [0.1, 0.15) is 16.7 Å². The standard InChI is InChI=1S/C14H10F6O/c1-7-8-4-6-11(21-2)12(14(18,19)20)9(8)3-5-10(7)13(15,16)17/h3-6H,1-2H3. The molecule has 1 nitrogen and oxygen atoms in total. The van der Waals surface area contributed by atoms with Gasteiger partial charge in [0.2, 0.25) is 0 Å². The van der Waals surface area contributed by atoms with Gasteiger partial charge in [0.25, 0.3) is 0 Å². The molecule has 0 bridgehead atoms. The van der Waals surface area contributed by atoms with E-state index in [0.29, 0.717) is 6.07 Å². The molecule has 0 saturated carbocycles. The lowest BCUT2D eigenvalue weighted by Crippen LogP contribution is -2.11. The number of hydrogen-bond acceptors (Lipinski definition) is 1. The van der Waals surface area contributed by atoms with E-state index in [1.807, 2.05) is 0 Å². The fraction of sp³-hybridized carbons (Fsp3) is 0.286. The fourth-order valence-electron chi connectivity index (χ4n) is 2.31. The average molecular weight is 308 g/mol. The first-order chi connectivity index (χ1) is 9.57. The maximum absolute atomic E-state index is 13.1. The minimum Gasteiger partial charge on any atom is -0.496 e. The highest BCUT2D eigenvalue weighted by Gasteiger charge is 2.38. The second-order valence-corrected chi connectivity index (χ2v) is 4.47. The number of halogens is 6. The van der Waals surface area contributed by atoms with Gasteiger partial charge in [-0.25, -0.2) is 0 Å². The summed E-state index contributed by atoms with van der Waals surface area (Å²) < 4.78 is 82.5. The Bertz CT molecular complexity index is 684. The molecule has 0 aromatic heterocycles. The van der Waals surface area contributed by atoms with Crippen molar-refractivity contribution in [3.8, 4) is 5.75 Å². The van der Waals surface area contributed by atoms with E-state index in [0.717, 1.165) is 26.2 Å². The first-order valence-corrected chi connectivity index (χ1v) is 5.82. The molecule has 0 aliphatic carbocycles. The van der Waals surface area contributed by atoms with Crippen molar-refractivity contribution in [2.24, 2.45) is 0 Å². The van der Waals surface area contributed by atoms with Gasteiger partial charge in [0, 0.05) is 0 Å². The van der Waals surface area contributed by atoms with E-state index < -0.39 is 29.2 Å². The highest BCUT2D eigenvalue weighted by atomic mass is 19.4. The SMILES string of the molecule is COc1ccc2c(C)c(C(F)(F)F)ccc2c1C(F)(F)F. The largest absolute Gasteiger partial charge is 0.496 e. The van der Waals surface area contributed by atoms with Gasteiger partial charge in [0.15, 0.2) is 0 Å². The van der Waals surface area contributed by atoms with Crippen LogP contribution in [0.2, 0.25) is 0 Å². The summed E-state index contributed by atoms with van der Waals surface area (Å²) in [4.78, 5) is 0. The average Bonchev–Trinajstić information content (AvgIpc) is 2.35. The Morgan fingerprint density at radius 2 is 1.38 bits per heavy atom. The molecule has 0 unspecified atom stereocenters. The van der Waals surface area contributed by atoms with E-state index in [2.05, 4.69) is 4.74 Å². The molecule has 114 valence electrons. The van der Waals surface area contributed by atoms with Crippen molar-refractivity contribution >= 4 is 10.8 Å². The Balaban J connectivity index is 2.88. The van der Waals surface area contributed by atoms with Gasteiger partial charge < -0.3 is 4.74 Å². The summed E-state index contributed by atoms with van der Waals surface area (Å²) in [6.45, 7) is 1.15. The first kappa shape index (κ1) is 15.5. The number of rotatable bonds is 1. The summed E-state index contributed by atoms with van der Waals surface area (Å²) in [5.74, 6) is -0.422. The maximum Gasteiger partial charge on any atom is 0.420 e. The molecule has 0 aliphatic heterocycles. The van der Waals surface area contributed by atoms with Crippen LogP contribution in [0.3, 0.4) is 0 Å². The van der Waals surface area contributed by atoms with Gasteiger partial charge in [0.05, 0.1) is 12.7 Å². The maximum atomic E-state index is 13.1. The minimum absolute atomic E-state index is 0.0991. The van der Waals surface area contributed by atoms with Crippen molar-refractivity contribution in [3.05, 3.63) is 41.0 Å². The zero-order valence-electron chi connectivity index (χ0n) is 11.0. The third kappa shape index (κ3) is 2.64. The van der Waals surface area contributed by atoms with Gasteiger partial charge >= 0.3 is 12.4 Å². The molecule has 2 aromatic carbocycles. The summed E-state index contributed by atoms with van der Waals surface area (Å²) in [7, 11) is 1.08. The van der Waals surface area contributed by atoms with E-state index in [9.17, 15) is 26.3 Å². The lowest BCUT2D eigenvalue weighted by Gasteiger charge is -2.18. The van der Waals surface area contributed by atoms with Crippen molar-refractivity contribution in [2.75, 3.05) is 7.11 Å². The molecule has 0 spiro atoms. The Morgan fingerprint density at radius 1 is 0.810 bits per heavy atom. The number of methoxy groups -OCH3 is 1. The van der Waals surface area contributed by atoms with Crippen molar-refractivity contribution in [1.82, 2.24) is 0 Å². The molecule has 0 amide bonds.